The van der Waals surface area contributed by atoms with Crippen LogP contribution in [0.3, 0.4) is 0 Å². The molecule has 8 nitrogen and oxygen atoms in total. The van der Waals surface area contributed by atoms with Crippen LogP contribution in [-0.4, -0.2) is 27.9 Å². The SMILES string of the molecule is COC1=Cc2c(n(C)c(=O)n2C)CC1=NN=C(N)N. The van der Waals surface area contributed by atoms with E-state index in [0.717, 1.165) is 11.4 Å². The molecule has 0 amide bonds. The van der Waals surface area contributed by atoms with Crippen molar-refractivity contribution in [3.8, 4) is 0 Å². The Kier molecular flexibility index (Phi) is 3.16. The van der Waals surface area contributed by atoms with Crippen LogP contribution in [0.15, 0.2) is 20.8 Å². The lowest BCUT2D eigenvalue weighted by Crippen LogP contribution is -2.23. The van der Waals surface area contributed by atoms with E-state index < -0.39 is 0 Å². The molecule has 1 aliphatic rings. The predicted octanol–water partition coefficient (Wildman–Crippen LogP) is -1.10. The molecule has 0 bridgehead atoms. The molecule has 0 spiro atoms. The first-order valence-corrected chi connectivity index (χ1v) is 5.61. The van der Waals surface area contributed by atoms with Crippen LogP contribution in [0.4, 0.5) is 0 Å². The summed E-state index contributed by atoms with van der Waals surface area (Å²) in [6.45, 7) is 0. The minimum Gasteiger partial charge on any atom is -0.495 e. The van der Waals surface area contributed by atoms with Gasteiger partial charge in [-0.25, -0.2) is 4.79 Å². The first kappa shape index (κ1) is 12.9. The minimum atomic E-state index is -0.129. The Morgan fingerprint density at radius 1 is 1.37 bits per heavy atom. The van der Waals surface area contributed by atoms with Gasteiger partial charge < -0.3 is 16.2 Å². The zero-order valence-corrected chi connectivity index (χ0v) is 11.0. The van der Waals surface area contributed by atoms with E-state index in [1.54, 1.807) is 29.3 Å². The van der Waals surface area contributed by atoms with Crippen LogP contribution in [0.1, 0.15) is 11.4 Å². The van der Waals surface area contributed by atoms with E-state index in [1.807, 2.05) is 0 Å². The minimum absolute atomic E-state index is 0.0974. The van der Waals surface area contributed by atoms with Crippen molar-refractivity contribution in [3.05, 3.63) is 27.6 Å². The maximum atomic E-state index is 11.9. The predicted molar refractivity (Wildman–Crippen MR) is 72.6 cm³/mol. The maximum absolute atomic E-state index is 11.9. The molecule has 0 saturated carbocycles. The Balaban J connectivity index is 2.57. The van der Waals surface area contributed by atoms with E-state index in [-0.39, 0.29) is 11.6 Å². The van der Waals surface area contributed by atoms with Crippen molar-refractivity contribution in [2.45, 2.75) is 6.42 Å². The van der Waals surface area contributed by atoms with Crippen molar-refractivity contribution < 1.29 is 4.74 Å². The summed E-state index contributed by atoms with van der Waals surface area (Å²) in [5.74, 6) is 0.411. The second-order valence-corrected chi connectivity index (χ2v) is 4.19. The van der Waals surface area contributed by atoms with Crippen molar-refractivity contribution in [1.82, 2.24) is 9.13 Å². The molecule has 0 atom stereocenters. The normalized spacial score (nSPS) is 15.9. The van der Waals surface area contributed by atoms with Gasteiger partial charge in [0.15, 0.2) is 0 Å². The van der Waals surface area contributed by atoms with Gasteiger partial charge in [0.05, 0.1) is 18.5 Å². The van der Waals surface area contributed by atoms with Gasteiger partial charge in [-0.15, -0.1) is 10.2 Å². The number of imidazole rings is 1. The summed E-state index contributed by atoms with van der Waals surface area (Å²) >= 11 is 0. The molecule has 0 unspecified atom stereocenters. The lowest BCUT2D eigenvalue weighted by molar-refractivity contribution is 0.316. The fourth-order valence-corrected chi connectivity index (χ4v) is 2.03. The number of fused-ring (bicyclic) bond motifs is 1. The van der Waals surface area contributed by atoms with Gasteiger partial charge in [-0.2, -0.15) is 0 Å². The Labute approximate surface area is 109 Å². The monoisotopic (exact) mass is 264 g/mol. The van der Waals surface area contributed by atoms with Gasteiger partial charge >= 0.3 is 5.69 Å². The van der Waals surface area contributed by atoms with Gasteiger partial charge in [0.1, 0.15) is 11.5 Å². The average Bonchev–Trinajstić information content (AvgIpc) is 2.60. The molecule has 1 aromatic heterocycles. The molecule has 2 rings (SSSR count). The highest BCUT2D eigenvalue weighted by Gasteiger charge is 2.24. The largest absolute Gasteiger partial charge is 0.495 e. The van der Waals surface area contributed by atoms with Crippen LogP contribution in [-0.2, 0) is 25.3 Å². The molecule has 102 valence electrons. The number of ether oxygens (including phenoxy) is 1. The summed E-state index contributed by atoms with van der Waals surface area (Å²) in [5, 5.41) is 7.57. The number of aromatic nitrogens is 2. The van der Waals surface area contributed by atoms with Crippen molar-refractivity contribution in [3.63, 3.8) is 0 Å². The maximum Gasteiger partial charge on any atom is 0.328 e. The molecule has 0 saturated heterocycles. The fourth-order valence-electron chi connectivity index (χ4n) is 2.03. The molecule has 19 heavy (non-hydrogen) atoms. The summed E-state index contributed by atoms with van der Waals surface area (Å²) in [4.78, 5) is 11.9. The molecule has 4 N–H and O–H groups in total. The standard InChI is InChI=1S/C11H16N6O2/c1-16-7-4-6(14-15-10(12)13)9(19-3)5-8(7)17(2)11(16)18/h5H,4H2,1-3H3,(H4,12,13,15). The number of hydrogen-bond donors (Lipinski definition) is 2. The number of nitrogens with zero attached hydrogens (tertiary/aromatic N) is 4. The van der Waals surface area contributed by atoms with E-state index in [9.17, 15) is 4.79 Å². The summed E-state index contributed by atoms with van der Waals surface area (Å²) in [6.07, 6.45) is 2.18. The summed E-state index contributed by atoms with van der Waals surface area (Å²) in [5.41, 5.74) is 12.6. The number of allylic oxidation sites excluding steroid dienone is 1. The molecule has 0 fully saturated rings. The fraction of sp³-hybridized carbons (Fsp3) is 0.364. The number of hydrogen-bond acceptors (Lipinski definition) is 4. The Morgan fingerprint density at radius 3 is 2.63 bits per heavy atom. The molecule has 8 heteroatoms. The van der Waals surface area contributed by atoms with Crippen LogP contribution in [0.25, 0.3) is 6.08 Å². The van der Waals surface area contributed by atoms with Crippen molar-refractivity contribution in [2.24, 2.45) is 35.8 Å². The first-order valence-electron chi connectivity index (χ1n) is 5.61. The number of nitrogens with two attached hydrogens (primary N) is 2. The lowest BCUT2D eigenvalue weighted by Gasteiger charge is -2.15. The molecule has 1 heterocycles. The third-order valence-electron chi connectivity index (χ3n) is 3.03. The highest BCUT2D eigenvalue weighted by Crippen LogP contribution is 2.21. The molecule has 1 aliphatic carbocycles. The topological polar surface area (TPSA) is 113 Å². The van der Waals surface area contributed by atoms with E-state index >= 15 is 0 Å². The van der Waals surface area contributed by atoms with Gasteiger partial charge in [-0.3, -0.25) is 9.13 Å². The van der Waals surface area contributed by atoms with Gasteiger partial charge in [0.2, 0.25) is 5.96 Å². The van der Waals surface area contributed by atoms with Crippen LogP contribution in [0, 0.1) is 0 Å². The zero-order chi connectivity index (χ0) is 14.2. The van der Waals surface area contributed by atoms with Crippen molar-refractivity contribution in [2.75, 3.05) is 7.11 Å². The molecule has 0 radical (unpaired) electrons. The van der Waals surface area contributed by atoms with E-state index in [1.165, 1.54) is 7.11 Å². The Morgan fingerprint density at radius 2 is 2.05 bits per heavy atom. The van der Waals surface area contributed by atoms with Crippen LogP contribution in [0.5, 0.6) is 0 Å². The highest BCUT2D eigenvalue weighted by atomic mass is 16.5. The first-order chi connectivity index (χ1) is 8.95. The van der Waals surface area contributed by atoms with E-state index in [0.29, 0.717) is 17.9 Å². The molecule has 0 aromatic carbocycles. The van der Waals surface area contributed by atoms with Gasteiger partial charge in [-0.1, -0.05) is 0 Å². The number of methoxy groups -OCH3 is 1. The number of rotatable bonds is 2. The van der Waals surface area contributed by atoms with Crippen LogP contribution >= 0.6 is 0 Å². The second kappa shape index (κ2) is 4.63. The zero-order valence-electron chi connectivity index (χ0n) is 11.0. The highest BCUT2D eigenvalue weighted by molar-refractivity contribution is 6.05. The Bertz CT molecular complexity index is 657. The molecular weight excluding hydrogens is 248 g/mol. The molecular formula is C11H16N6O2. The van der Waals surface area contributed by atoms with Gasteiger partial charge in [0, 0.05) is 26.6 Å². The van der Waals surface area contributed by atoms with Gasteiger partial charge in [0.25, 0.3) is 0 Å². The molecule has 0 aliphatic heterocycles. The third kappa shape index (κ3) is 2.12. The summed E-state index contributed by atoms with van der Waals surface area (Å²) in [7, 11) is 4.96. The number of guanidine groups is 1. The third-order valence-corrected chi connectivity index (χ3v) is 3.03. The average molecular weight is 264 g/mol. The van der Waals surface area contributed by atoms with Crippen molar-refractivity contribution in [1.29, 1.82) is 0 Å². The summed E-state index contributed by atoms with van der Waals surface area (Å²) in [6, 6.07) is 0. The van der Waals surface area contributed by atoms with Gasteiger partial charge in [-0.05, 0) is 0 Å². The Hall–Kier alpha value is -2.51. The lowest BCUT2D eigenvalue weighted by atomic mass is 10.0. The van der Waals surface area contributed by atoms with Crippen LogP contribution < -0.4 is 17.2 Å². The molecule has 1 aromatic rings. The summed E-state index contributed by atoms with van der Waals surface area (Å²) < 4.78 is 8.39. The van der Waals surface area contributed by atoms with E-state index in [2.05, 4.69) is 10.2 Å². The van der Waals surface area contributed by atoms with E-state index in [4.69, 9.17) is 16.2 Å². The quantitative estimate of drug-likeness (QED) is 0.401. The smallest absolute Gasteiger partial charge is 0.328 e. The van der Waals surface area contributed by atoms with Crippen LogP contribution in [0.2, 0.25) is 0 Å². The second-order valence-electron chi connectivity index (χ2n) is 4.19. The van der Waals surface area contributed by atoms with Crippen molar-refractivity contribution >= 4 is 17.7 Å².